The Bertz CT molecular complexity index is 540. The quantitative estimate of drug-likeness (QED) is 0.913. The van der Waals surface area contributed by atoms with Crippen LogP contribution < -0.4 is 4.74 Å². The normalized spacial score (nSPS) is 12.7. The molecule has 0 radical (unpaired) electrons. The first kappa shape index (κ1) is 14.0. The van der Waals surface area contributed by atoms with Gasteiger partial charge in [0.25, 0.3) is 0 Å². The second-order valence-corrected chi connectivity index (χ2v) is 5.37. The lowest BCUT2D eigenvalue weighted by molar-refractivity contribution is 0.221. The molecular weight excluding hydrogens is 260 g/mol. The van der Waals surface area contributed by atoms with Crippen LogP contribution in [0, 0.1) is 0 Å². The van der Waals surface area contributed by atoms with E-state index in [4.69, 9.17) is 4.74 Å². The van der Waals surface area contributed by atoms with Crippen LogP contribution in [0.4, 0.5) is 0 Å². The second kappa shape index (κ2) is 6.12. The molecule has 0 saturated heterocycles. The number of nitrogens with zero attached hydrogens (tertiary/aromatic N) is 2. The van der Waals surface area contributed by atoms with Crippen molar-refractivity contribution in [2.24, 2.45) is 0 Å². The fourth-order valence-corrected chi connectivity index (χ4v) is 2.71. The Hall–Kier alpha value is -1.46. The highest BCUT2D eigenvalue weighted by molar-refractivity contribution is 7.05. The minimum absolute atomic E-state index is 0.249. The van der Waals surface area contributed by atoms with E-state index in [0.29, 0.717) is 6.61 Å². The molecule has 0 aliphatic heterocycles. The van der Waals surface area contributed by atoms with Gasteiger partial charge in [-0.2, -0.15) is 0 Å². The third kappa shape index (κ3) is 3.11. The van der Waals surface area contributed by atoms with Crippen LogP contribution in [0.2, 0.25) is 0 Å². The summed E-state index contributed by atoms with van der Waals surface area (Å²) in [5, 5.41) is 14.6. The predicted molar refractivity (Wildman–Crippen MR) is 75.7 cm³/mol. The highest BCUT2D eigenvalue weighted by Crippen LogP contribution is 2.31. The van der Waals surface area contributed by atoms with Crippen LogP contribution in [0.1, 0.15) is 48.9 Å². The zero-order chi connectivity index (χ0) is 13.8. The van der Waals surface area contributed by atoms with Gasteiger partial charge in [0.15, 0.2) is 0 Å². The van der Waals surface area contributed by atoms with E-state index in [0.717, 1.165) is 21.9 Å². The third-order valence-corrected chi connectivity index (χ3v) is 3.61. The number of aliphatic hydroxyl groups is 1. The van der Waals surface area contributed by atoms with Gasteiger partial charge in [-0.25, -0.2) is 0 Å². The highest BCUT2D eigenvalue weighted by atomic mass is 32.1. The summed E-state index contributed by atoms with van der Waals surface area (Å²) in [5.41, 5.74) is 1.67. The van der Waals surface area contributed by atoms with Crippen molar-refractivity contribution in [3.63, 3.8) is 0 Å². The molecule has 0 aliphatic rings. The summed E-state index contributed by atoms with van der Waals surface area (Å²) in [7, 11) is 0. The third-order valence-electron chi connectivity index (χ3n) is 2.82. The summed E-state index contributed by atoms with van der Waals surface area (Å²) < 4.78 is 9.40. The van der Waals surface area contributed by atoms with Crippen molar-refractivity contribution in [1.82, 2.24) is 9.59 Å². The van der Waals surface area contributed by atoms with Gasteiger partial charge >= 0.3 is 0 Å². The summed E-state index contributed by atoms with van der Waals surface area (Å²) in [5.74, 6) is 1.01. The monoisotopic (exact) mass is 278 g/mol. The van der Waals surface area contributed by atoms with Crippen LogP contribution in [0.15, 0.2) is 24.3 Å². The van der Waals surface area contributed by atoms with E-state index in [1.807, 2.05) is 45.0 Å². The first-order valence-corrected chi connectivity index (χ1v) is 7.13. The molecule has 1 N–H and O–H groups in total. The van der Waals surface area contributed by atoms with Gasteiger partial charge in [-0.15, -0.1) is 5.10 Å². The van der Waals surface area contributed by atoms with Crippen LogP contribution in [-0.4, -0.2) is 21.3 Å². The molecule has 5 heteroatoms. The van der Waals surface area contributed by atoms with Crippen molar-refractivity contribution in [3.05, 3.63) is 40.4 Å². The van der Waals surface area contributed by atoms with E-state index in [1.165, 1.54) is 11.5 Å². The van der Waals surface area contributed by atoms with Crippen molar-refractivity contribution in [3.8, 4) is 5.75 Å². The fourth-order valence-electron chi connectivity index (χ4n) is 1.89. The van der Waals surface area contributed by atoms with Gasteiger partial charge < -0.3 is 9.84 Å². The van der Waals surface area contributed by atoms with Gasteiger partial charge in [-0.3, -0.25) is 0 Å². The van der Waals surface area contributed by atoms with Crippen LogP contribution in [0.3, 0.4) is 0 Å². The number of hydrogen-bond donors (Lipinski definition) is 1. The summed E-state index contributed by atoms with van der Waals surface area (Å²) in [4.78, 5) is 0.809. The summed E-state index contributed by atoms with van der Waals surface area (Å²) >= 11 is 1.25. The van der Waals surface area contributed by atoms with E-state index >= 15 is 0 Å². The van der Waals surface area contributed by atoms with Gasteiger partial charge in [0.2, 0.25) is 0 Å². The average Bonchev–Trinajstić information content (AvgIpc) is 2.88. The summed E-state index contributed by atoms with van der Waals surface area (Å²) in [6.45, 7) is 6.64. The molecule has 1 unspecified atom stereocenters. The van der Waals surface area contributed by atoms with Crippen LogP contribution in [0.25, 0.3) is 0 Å². The van der Waals surface area contributed by atoms with Gasteiger partial charge in [0, 0.05) is 0 Å². The first-order valence-electron chi connectivity index (χ1n) is 6.36. The summed E-state index contributed by atoms with van der Waals surface area (Å²) in [6.07, 6.45) is -0.696. The Labute approximate surface area is 117 Å². The number of ether oxygens (including phenoxy) is 1. The molecule has 0 fully saturated rings. The van der Waals surface area contributed by atoms with E-state index in [1.54, 1.807) is 0 Å². The second-order valence-electron chi connectivity index (χ2n) is 4.59. The lowest BCUT2D eigenvalue weighted by atomic mass is 10.0. The number of benzene rings is 1. The van der Waals surface area contributed by atoms with Crippen LogP contribution in [0.5, 0.6) is 5.75 Å². The number of rotatable bonds is 5. The van der Waals surface area contributed by atoms with E-state index in [9.17, 15) is 5.11 Å². The summed E-state index contributed by atoms with van der Waals surface area (Å²) in [6, 6.07) is 7.51. The molecule has 0 saturated carbocycles. The zero-order valence-corrected chi connectivity index (χ0v) is 12.1. The molecule has 0 amide bonds. The minimum atomic E-state index is -0.696. The minimum Gasteiger partial charge on any atom is -0.494 e. The SMILES string of the molecule is CCOc1cccc(C(O)c2snnc2C(C)C)c1. The number of aromatic nitrogens is 2. The maximum absolute atomic E-state index is 10.5. The Morgan fingerprint density at radius 2 is 2.16 bits per heavy atom. The molecule has 1 heterocycles. The smallest absolute Gasteiger partial charge is 0.119 e. The highest BCUT2D eigenvalue weighted by Gasteiger charge is 2.20. The maximum Gasteiger partial charge on any atom is 0.119 e. The molecule has 2 aromatic rings. The number of hydrogen-bond acceptors (Lipinski definition) is 5. The van der Waals surface area contributed by atoms with Crippen molar-refractivity contribution in [2.75, 3.05) is 6.61 Å². The van der Waals surface area contributed by atoms with Crippen molar-refractivity contribution in [1.29, 1.82) is 0 Å². The van der Waals surface area contributed by atoms with E-state index in [-0.39, 0.29) is 5.92 Å². The van der Waals surface area contributed by atoms with Gasteiger partial charge in [0.05, 0.1) is 17.2 Å². The lowest BCUT2D eigenvalue weighted by Crippen LogP contribution is -2.03. The Balaban J connectivity index is 2.30. The average molecular weight is 278 g/mol. The predicted octanol–water partition coefficient (Wildman–Crippen LogP) is 3.14. The lowest BCUT2D eigenvalue weighted by Gasteiger charge is -2.13. The van der Waals surface area contributed by atoms with Gasteiger partial charge in [-0.1, -0.05) is 30.5 Å². The van der Waals surface area contributed by atoms with E-state index in [2.05, 4.69) is 9.59 Å². The molecule has 1 atom stereocenters. The molecule has 102 valence electrons. The molecule has 0 bridgehead atoms. The molecule has 1 aromatic carbocycles. The van der Waals surface area contributed by atoms with Crippen molar-refractivity contribution in [2.45, 2.75) is 32.8 Å². The van der Waals surface area contributed by atoms with Crippen LogP contribution >= 0.6 is 11.5 Å². The molecule has 1 aromatic heterocycles. The molecule has 4 nitrogen and oxygen atoms in total. The number of aliphatic hydroxyl groups excluding tert-OH is 1. The van der Waals surface area contributed by atoms with Gasteiger partial charge in [-0.05, 0) is 42.1 Å². The van der Waals surface area contributed by atoms with Crippen molar-refractivity contribution >= 4 is 11.5 Å². The Morgan fingerprint density at radius 3 is 2.84 bits per heavy atom. The van der Waals surface area contributed by atoms with Crippen molar-refractivity contribution < 1.29 is 9.84 Å². The fraction of sp³-hybridized carbons (Fsp3) is 0.429. The standard InChI is InChI=1S/C14H18N2O2S/c1-4-18-11-7-5-6-10(8-11)13(17)14-12(9(2)3)15-16-19-14/h5-9,13,17H,4H2,1-3H3. The molecule has 19 heavy (non-hydrogen) atoms. The molecule has 0 spiro atoms. The molecule has 0 aliphatic carbocycles. The van der Waals surface area contributed by atoms with Crippen LogP contribution in [-0.2, 0) is 0 Å². The molecular formula is C14H18N2O2S. The largest absolute Gasteiger partial charge is 0.494 e. The topological polar surface area (TPSA) is 55.2 Å². The Morgan fingerprint density at radius 1 is 1.37 bits per heavy atom. The van der Waals surface area contributed by atoms with E-state index < -0.39 is 6.10 Å². The Kier molecular flexibility index (Phi) is 4.50. The van der Waals surface area contributed by atoms with Gasteiger partial charge in [0.1, 0.15) is 11.9 Å². The maximum atomic E-state index is 10.5. The molecule has 2 rings (SSSR count). The first-order chi connectivity index (χ1) is 9.13. The zero-order valence-electron chi connectivity index (χ0n) is 11.3.